The Morgan fingerprint density at radius 1 is 1.17 bits per heavy atom. The molecule has 0 aliphatic carbocycles. The SMILES string of the molecule is Cc1nc(Nc2ncc(C)s2)cc(C2CCN(S(=O)(=O)c3cn(C)cn3)CC2)n1. The van der Waals surface area contributed by atoms with Crippen molar-refractivity contribution in [1.82, 2.24) is 28.8 Å². The minimum atomic E-state index is -3.55. The van der Waals surface area contributed by atoms with Crippen molar-refractivity contribution < 1.29 is 8.42 Å². The molecule has 0 saturated carbocycles. The van der Waals surface area contributed by atoms with Crippen LogP contribution in [0.3, 0.4) is 0 Å². The molecular formula is C18H23N7O2S2. The van der Waals surface area contributed by atoms with Crippen LogP contribution < -0.4 is 5.32 Å². The summed E-state index contributed by atoms with van der Waals surface area (Å²) in [6.45, 7) is 4.76. The van der Waals surface area contributed by atoms with E-state index in [1.165, 1.54) is 16.8 Å². The third kappa shape index (κ3) is 4.31. The van der Waals surface area contributed by atoms with Gasteiger partial charge in [-0.2, -0.15) is 4.31 Å². The number of hydrogen-bond acceptors (Lipinski definition) is 8. The van der Waals surface area contributed by atoms with Gasteiger partial charge in [0.05, 0.1) is 6.33 Å². The monoisotopic (exact) mass is 433 g/mol. The number of thiazole rings is 1. The average molecular weight is 434 g/mol. The van der Waals surface area contributed by atoms with Crippen LogP contribution in [-0.2, 0) is 17.1 Å². The van der Waals surface area contributed by atoms with Crippen LogP contribution in [0.25, 0.3) is 0 Å². The Hall–Kier alpha value is -2.37. The normalized spacial score (nSPS) is 16.2. The smallest absolute Gasteiger partial charge is 0.262 e. The second-order valence-electron chi connectivity index (χ2n) is 7.18. The van der Waals surface area contributed by atoms with E-state index < -0.39 is 10.0 Å². The van der Waals surface area contributed by atoms with Crippen molar-refractivity contribution in [1.29, 1.82) is 0 Å². The van der Waals surface area contributed by atoms with Gasteiger partial charge in [0.25, 0.3) is 10.0 Å². The summed E-state index contributed by atoms with van der Waals surface area (Å²) >= 11 is 1.57. The number of imidazole rings is 1. The van der Waals surface area contributed by atoms with Crippen LogP contribution in [0, 0.1) is 13.8 Å². The molecule has 154 valence electrons. The van der Waals surface area contributed by atoms with E-state index in [0.29, 0.717) is 37.6 Å². The summed E-state index contributed by atoms with van der Waals surface area (Å²) in [5.41, 5.74) is 0.933. The molecule has 0 atom stereocenters. The predicted octanol–water partition coefficient (Wildman–Crippen LogP) is 2.60. The first kappa shape index (κ1) is 19.9. The number of anilines is 2. The maximum atomic E-state index is 12.8. The van der Waals surface area contributed by atoms with Gasteiger partial charge in [-0.1, -0.05) is 0 Å². The first-order chi connectivity index (χ1) is 13.8. The molecule has 29 heavy (non-hydrogen) atoms. The predicted molar refractivity (Wildman–Crippen MR) is 111 cm³/mol. The number of rotatable bonds is 5. The Labute approximate surface area is 173 Å². The van der Waals surface area contributed by atoms with Gasteiger partial charge in [0.15, 0.2) is 10.2 Å². The Morgan fingerprint density at radius 3 is 2.55 bits per heavy atom. The van der Waals surface area contributed by atoms with E-state index in [9.17, 15) is 8.42 Å². The topological polar surface area (TPSA) is 106 Å². The van der Waals surface area contributed by atoms with Crippen LogP contribution in [-0.4, -0.2) is 50.3 Å². The molecule has 3 aromatic heterocycles. The highest BCUT2D eigenvalue weighted by atomic mass is 32.2. The van der Waals surface area contributed by atoms with E-state index in [0.717, 1.165) is 15.7 Å². The van der Waals surface area contributed by atoms with Crippen molar-refractivity contribution in [2.45, 2.75) is 37.6 Å². The summed E-state index contributed by atoms with van der Waals surface area (Å²) in [5, 5.41) is 4.13. The number of sulfonamides is 1. The summed E-state index contributed by atoms with van der Waals surface area (Å²) in [5.74, 6) is 1.58. The summed E-state index contributed by atoms with van der Waals surface area (Å²) in [4.78, 5) is 18.5. The second kappa shape index (κ2) is 7.81. The van der Waals surface area contributed by atoms with Crippen molar-refractivity contribution in [2.24, 2.45) is 7.05 Å². The fraction of sp³-hybridized carbons (Fsp3) is 0.444. The Bertz CT molecular complexity index is 1110. The third-order valence-corrected chi connectivity index (χ3v) is 7.48. The first-order valence-electron chi connectivity index (χ1n) is 9.34. The molecule has 1 fully saturated rings. The first-order valence-corrected chi connectivity index (χ1v) is 11.6. The van der Waals surface area contributed by atoms with Gasteiger partial charge in [-0.3, -0.25) is 0 Å². The molecule has 0 spiro atoms. The summed E-state index contributed by atoms with van der Waals surface area (Å²) in [7, 11) is -1.79. The third-order valence-electron chi connectivity index (χ3n) is 4.87. The van der Waals surface area contributed by atoms with Crippen molar-refractivity contribution in [3.05, 3.63) is 41.2 Å². The molecule has 1 aliphatic rings. The molecule has 11 heteroatoms. The standard InChI is InChI=1S/C18H23N7O2S2/c1-12-9-19-18(28-12)23-16-8-15(21-13(2)22-16)14-4-6-25(7-5-14)29(26,27)17-10-24(3)11-20-17/h8-11,14H,4-7H2,1-3H3,(H,19,21,22,23). The van der Waals surface area contributed by atoms with E-state index in [1.54, 1.807) is 23.0 Å². The highest BCUT2D eigenvalue weighted by Crippen LogP contribution is 2.31. The van der Waals surface area contributed by atoms with Gasteiger partial charge in [0.2, 0.25) is 0 Å². The number of nitrogens with one attached hydrogen (secondary N) is 1. The number of aryl methyl sites for hydroxylation is 3. The van der Waals surface area contributed by atoms with Crippen LogP contribution in [0.5, 0.6) is 0 Å². The van der Waals surface area contributed by atoms with Gasteiger partial charge in [0, 0.05) is 55.1 Å². The molecule has 3 aromatic rings. The highest BCUT2D eigenvalue weighted by Gasteiger charge is 2.32. The molecular weight excluding hydrogens is 410 g/mol. The molecule has 1 N–H and O–H groups in total. The van der Waals surface area contributed by atoms with E-state index in [2.05, 4.69) is 25.3 Å². The molecule has 0 amide bonds. The summed E-state index contributed by atoms with van der Waals surface area (Å²) in [6.07, 6.45) is 6.27. The van der Waals surface area contributed by atoms with Crippen LogP contribution in [0.15, 0.2) is 29.8 Å². The zero-order valence-electron chi connectivity index (χ0n) is 16.5. The zero-order valence-corrected chi connectivity index (χ0v) is 18.2. The van der Waals surface area contributed by atoms with Gasteiger partial charge < -0.3 is 9.88 Å². The van der Waals surface area contributed by atoms with Gasteiger partial charge in [0.1, 0.15) is 11.6 Å². The Balaban J connectivity index is 1.47. The van der Waals surface area contributed by atoms with Gasteiger partial charge in [-0.05, 0) is 26.7 Å². The number of hydrogen-bond donors (Lipinski definition) is 1. The maximum absolute atomic E-state index is 12.8. The van der Waals surface area contributed by atoms with Crippen LogP contribution in [0.2, 0.25) is 0 Å². The lowest BCUT2D eigenvalue weighted by atomic mass is 9.94. The lowest BCUT2D eigenvalue weighted by Crippen LogP contribution is -2.38. The fourth-order valence-corrected chi connectivity index (χ4v) is 5.54. The van der Waals surface area contributed by atoms with E-state index in [4.69, 9.17) is 0 Å². The molecule has 1 saturated heterocycles. The van der Waals surface area contributed by atoms with Crippen molar-refractivity contribution in [3.8, 4) is 0 Å². The zero-order chi connectivity index (χ0) is 20.6. The summed E-state index contributed by atoms with van der Waals surface area (Å²) < 4.78 is 28.7. The van der Waals surface area contributed by atoms with Crippen molar-refractivity contribution >= 4 is 32.3 Å². The quantitative estimate of drug-likeness (QED) is 0.659. The average Bonchev–Trinajstić information content (AvgIpc) is 3.30. The molecule has 0 aromatic carbocycles. The van der Waals surface area contributed by atoms with E-state index >= 15 is 0 Å². The molecule has 0 unspecified atom stereocenters. The van der Waals surface area contributed by atoms with Crippen molar-refractivity contribution in [3.63, 3.8) is 0 Å². The largest absolute Gasteiger partial charge is 0.339 e. The molecule has 0 radical (unpaired) electrons. The van der Waals surface area contributed by atoms with E-state index in [-0.39, 0.29) is 10.9 Å². The lowest BCUT2D eigenvalue weighted by Gasteiger charge is -2.30. The van der Waals surface area contributed by atoms with Crippen LogP contribution in [0.1, 0.15) is 35.2 Å². The minimum absolute atomic E-state index is 0.0987. The summed E-state index contributed by atoms with van der Waals surface area (Å²) in [6, 6.07) is 1.94. The van der Waals surface area contributed by atoms with Crippen molar-refractivity contribution in [2.75, 3.05) is 18.4 Å². The Morgan fingerprint density at radius 2 is 1.93 bits per heavy atom. The minimum Gasteiger partial charge on any atom is -0.339 e. The van der Waals surface area contributed by atoms with Gasteiger partial charge in [-0.25, -0.2) is 28.4 Å². The fourth-order valence-electron chi connectivity index (χ4n) is 3.43. The number of aromatic nitrogens is 5. The second-order valence-corrected chi connectivity index (χ2v) is 10.3. The number of nitrogens with zero attached hydrogens (tertiary/aromatic N) is 6. The van der Waals surface area contributed by atoms with Crippen LogP contribution >= 0.6 is 11.3 Å². The number of piperidine rings is 1. The molecule has 9 nitrogen and oxygen atoms in total. The Kier molecular flexibility index (Phi) is 5.36. The molecule has 4 rings (SSSR count). The molecule has 4 heterocycles. The molecule has 1 aliphatic heterocycles. The van der Waals surface area contributed by atoms with E-state index in [1.807, 2.05) is 26.1 Å². The maximum Gasteiger partial charge on any atom is 0.262 e. The van der Waals surface area contributed by atoms with Gasteiger partial charge >= 0.3 is 0 Å². The molecule has 0 bridgehead atoms. The highest BCUT2D eigenvalue weighted by molar-refractivity contribution is 7.89. The van der Waals surface area contributed by atoms with Gasteiger partial charge in [-0.15, -0.1) is 11.3 Å². The van der Waals surface area contributed by atoms with Crippen LogP contribution in [0.4, 0.5) is 10.9 Å². The lowest BCUT2D eigenvalue weighted by molar-refractivity contribution is 0.315.